The predicted octanol–water partition coefficient (Wildman–Crippen LogP) is 2.79. The highest BCUT2D eigenvalue weighted by molar-refractivity contribution is 5.87. The summed E-state index contributed by atoms with van der Waals surface area (Å²) < 4.78 is 4.69. The molecule has 14 heavy (non-hydrogen) atoms. The maximum atomic E-state index is 11.2. The predicted molar refractivity (Wildman–Crippen MR) is 56.8 cm³/mol. The van der Waals surface area contributed by atoms with Crippen molar-refractivity contribution in [1.29, 1.82) is 0 Å². The lowest BCUT2D eigenvalue weighted by Crippen LogP contribution is -2.11. The van der Waals surface area contributed by atoms with Crippen molar-refractivity contribution in [2.45, 2.75) is 33.6 Å². The standard InChI is InChI=1S/C12H20O2/c1-8-5-6-9(2)11(8)7-10(3)12(13)14-4/h7-9,11H,5-6H2,1-4H3. The van der Waals surface area contributed by atoms with Crippen LogP contribution in [0.5, 0.6) is 0 Å². The van der Waals surface area contributed by atoms with E-state index >= 15 is 0 Å². The number of carbonyl (C=O) groups is 1. The third-order valence-corrected chi connectivity index (χ3v) is 3.34. The Labute approximate surface area is 86.3 Å². The lowest BCUT2D eigenvalue weighted by Gasteiger charge is -2.16. The summed E-state index contributed by atoms with van der Waals surface area (Å²) in [5.41, 5.74) is 0.748. The molecule has 0 aromatic heterocycles. The molecule has 1 fully saturated rings. The van der Waals surface area contributed by atoms with Crippen LogP contribution in [0.2, 0.25) is 0 Å². The Kier molecular flexibility index (Phi) is 3.73. The third-order valence-electron chi connectivity index (χ3n) is 3.34. The molecule has 0 amide bonds. The molecule has 0 aliphatic heterocycles. The molecule has 1 saturated carbocycles. The number of rotatable bonds is 2. The SMILES string of the molecule is COC(=O)C(C)=CC1C(C)CCC1C. The van der Waals surface area contributed by atoms with Gasteiger partial charge in [-0.2, -0.15) is 0 Å². The van der Waals surface area contributed by atoms with Gasteiger partial charge in [0, 0.05) is 5.57 Å². The molecule has 2 unspecified atom stereocenters. The summed E-state index contributed by atoms with van der Waals surface area (Å²) in [5.74, 6) is 1.75. The van der Waals surface area contributed by atoms with E-state index in [9.17, 15) is 4.79 Å². The normalized spacial score (nSPS) is 33.1. The minimum atomic E-state index is -0.198. The maximum absolute atomic E-state index is 11.2. The van der Waals surface area contributed by atoms with Crippen LogP contribution in [-0.4, -0.2) is 13.1 Å². The molecular weight excluding hydrogens is 176 g/mol. The smallest absolute Gasteiger partial charge is 0.333 e. The van der Waals surface area contributed by atoms with Crippen LogP contribution in [0.3, 0.4) is 0 Å². The Morgan fingerprint density at radius 1 is 1.29 bits per heavy atom. The summed E-state index contributed by atoms with van der Waals surface area (Å²) in [7, 11) is 1.43. The molecule has 2 atom stereocenters. The summed E-state index contributed by atoms with van der Waals surface area (Å²) in [4.78, 5) is 11.2. The zero-order chi connectivity index (χ0) is 10.7. The second-order valence-corrected chi connectivity index (χ2v) is 4.45. The molecule has 0 saturated heterocycles. The van der Waals surface area contributed by atoms with Crippen molar-refractivity contribution < 1.29 is 9.53 Å². The van der Waals surface area contributed by atoms with Gasteiger partial charge in [-0.25, -0.2) is 4.79 Å². The molecule has 1 rings (SSSR count). The molecule has 2 heteroatoms. The minimum absolute atomic E-state index is 0.198. The van der Waals surface area contributed by atoms with E-state index < -0.39 is 0 Å². The van der Waals surface area contributed by atoms with Crippen molar-refractivity contribution in [3.05, 3.63) is 11.6 Å². The fourth-order valence-corrected chi connectivity index (χ4v) is 2.32. The lowest BCUT2D eigenvalue weighted by molar-refractivity contribution is -0.136. The summed E-state index contributed by atoms with van der Waals surface area (Å²) >= 11 is 0. The molecule has 0 N–H and O–H groups in total. The number of allylic oxidation sites excluding steroid dienone is 1. The van der Waals surface area contributed by atoms with E-state index in [4.69, 9.17) is 0 Å². The fraction of sp³-hybridized carbons (Fsp3) is 0.750. The van der Waals surface area contributed by atoms with Crippen LogP contribution in [0, 0.1) is 17.8 Å². The van der Waals surface area contributed by atoms with E-state index in [1.807, 2.05) is 6.92 Å². The Bertz CT molecular complexity index is 233. The zero-order valence-corrected chi connectivity index (χ0v) is 9.54. The quantitative estimate of drug-likeness (QED) is 0.501. The summed E-state index contributed by atoms with van der Waals surface area (Å²) in [6.07, 6.45) is 4.64. The van der Waals surface area contributed by atoms with Gasteiger partial charge in [-0.15, -0.1) is 0 Å². The molecule has 80 valence electrons. The largest absolute Gasteiger partial charge is 0.466 e. The molecule has 0 bridgehead atoms. The first kappa shape index (κ1) is 11.3. The van der Waals surface area contributed by atoms with Gasteiger partial charge in [-0.3, -0.25) is 0 Å². The van der Waals surface area contributed by atoms with Gasteiger partial charge >= 0.3 is 5.97 Å². The van der Waals surface area contributed by atoms with Crippen LogP contribution in [0.4, 0.5) is 0 Å². The van der Waals surface area contributed by atoms with Gasteiger partial charge < -0.3 is 4.74 Å². The van der Waals surface area contributed by atoms with Crippen LogP contribution in [-0.2, 0) is 9.53 Å². The highest BCUT2D eigenvalue weighted by Gasteiger charge is 2.28. The molecular formula is C12H20O2. The van der Waals surface area contributed by atoms with Gasteiger partial charge in [0.05, 0.1) is 7.11 Å². The molecule has 0 heterocycles. The number of carbonyl (C=O) groups excluding carboxylic acids is 1. The van der Waals surface area contributed by atoms with E-state index in [1.54, 1.807) is 0 Å². The van der Waals surface area contributed by atoms with Crippen molar-refractivity contribution in [3.63, 3.8) is 0 Å². The Morgan fingerprint density at radius 3 is 2.21 bits per heavy atom. The topological polar surface area (TPSA) is 26.3 Å². The first-order valence-electron chi connectivity index (χ1n) is 5.33. The molecule has 0 aromatic rings. The Balaban J connectivity index is 2.70. The number of hydrogen-bond acceptors (Lipinski definition) is 2. The van der Waals surface area contributed by atoms with Crippen molar-refractivity contribution in [2.75, 3.05) is 7.11 Å². The van der Waals surface area contributed by atoms with E-state index in [1.165, 1.54) is 20.0 Å². The number of esters is 1. The van der Waals surface area contributed by atoms with Crippen molar-refractivity contribution in [2.24, 2.45) is 17.8 Å². The van der Waals surface area contributed by atoms with Gasteiger partial charge in [0.2, 0.25) is 0 Å². The van der Waals surface area contributed by atoms with E-state index in [-0.39, 0.29) is 5.97 Å². The van der Waals surface area contributed by atoms with Gasteiger partial charge in [-0.1, -0.05) is 19.9 Å². The van der Waals surface area contributed by atoms with Crippen LogP contribution in [0.1, 0.15) is 33.6 Å². The monoisotopic (exact) mass is 196 g/mol. The second kappa shape index (κ2) is 4.63. The highest BCUT2D eigenvalue weighted by atomic mass is 16.5. The molecule has 1 aliphatic rings. The summed E-state index contributed by atoms with van der Waals surface area (Å²) in [6.45, 7) is 6.36. The zero-order valence-electron chi connectivity index (χ0n) is 9.54. The Hall–Kier alpha value is -0.790. The van der Waals surface area contributed by atoms with Crippen LogP contribution in [0.25, 0.3) is 0 Å². The Morgan fingerprint density at radius 2 is 1.79 bits per heavy atom. The first-order chi connectivity index (χ1) is 6.56. The van der Waals surface area contributed by atoms with Gasteiger partial charge in [0.1, 0.15) is 0 Å². The van der Waals surface area contributed by atoms with Gasteiger partial charge in [0.25, 0.3) is 0 Å². The van der Waals surface area contributed by atoms with Gasteiger partial charge in [0.15, 0.2) is 0 Å². The molecule has 2 nitrogen and oxygen atoms in total. The lowest BCUT2D eigenvalue weighted by atomic mass is 9.90. The molecule has 1 aliphatic carbocycles. The number of methoxy groups -OCH3 is 1. The van der Waals surface area contributed by atoms with Crippen LogP contribution >= 0.6 is 0 Å². The molecule has 0 spiro atoms. The van der Waals surface area contributed by atoms with E-state index in [0.29, 0.717) is 17.8 Å². The minimum Gasteiger partial charge on any atom is -0.466 e. The average molecular weight is 196 g/mol. The third kappa shape index (κ3) is 2.37. The van der Waals surface area contributed by atoms with Crippen molar-refractivity contribution in [3.8, 4) is 0 Å². The van der Waals surface area contributed by atoms with E-state index in [2.05, 4.69) is 24.7 Å². The van der Waals surface area contributed by atoms with Crippen molar-refractivity contribution >= 4 is 5.97 Å². The summed E-state index contributed by atoms with van der Waals surface area (Å²) in [6, 6.07) is 0. The summed E-state index contributed by atoms with van der Waals surface area (Å²) in [5, 5.41) is 0. The van der Waals surface area contributed by atoms with E-state index in [0.717, 1.165) is 5.57 Å². The average Bonchev–Trinajstić information content (AvgIpc) is 2.48. The van der Waals surface area contributed by atoms with Crippen LogP contribution in [0.15, 0.2) is 11.6 Å². The number of ether oxygens (including phenoxy) is 1. The van der Waals surface area contributed by atoms with Crippen molar-refractivity contribution in [1.82, 2.24) is 0 Å². The maximum Gasteiger partial charge on any atom is 0.333 e. The van der Waals surface area contributed by atoms with Gasteiger partial charge in [-0.05, 0) is 37.5 Å². The fourth-order valence-electron chi connectivity index (χ4n) is 2.32. The molecule has 0 aromatic carbocycles. The first-order valence-corrected chi connectivity index (χ1v) is 5.33. The van der Waals surface area contributed by atoms with Crippen LogP contribution < -0.4 is 0 Å². The number of hydrogen-bond donors (Lipinski definition) is 0. The highest BCUT2D eigenvalue weighted by Crippen LogP contribution is 2.37. The second-order valence-electron chi connectivity index (χ2n) is 4.45. The molecule has 0 radical (unpaired) electrons.